The lowest BCUT2D eigenvalue weighted by Gasteiger charge is -2.28. The van der Waals surface area contributed by atoms with Crippen molar-refractivity contribution in [2.45, 2.75) is 59.1 Å². The Kier molecular flexibility index (Phi) is 5.77. The summed E-state index contributed by atoms with van der Waals surface area (Å²) >= 11 is 0. The fraction of sp³-hybridized carbons (Fsp3) is 0.455. The third kappa shape index (κ3) is 4.41. The van der Waals surface area contributed by atoms with Gasteiger partial charge in [-0.2, -0.15) is 0 Å². The standard InChI is InChI=1S/C22H30O2Si/c1-17-13-18(2)15-20(14-17)25(3,4)21-10-6-5-9-19(21)16-24-22-11-7-8-12-23-22/h5-6,9-10,13-15,22H,7-8,11-12,16H2,1-4H3. The summed E-state index contributed by atoms with van der Waals surface area (Å²) < 4.78 is 11.8. The minimum Gasteiger partial charge on any atom is -0.353 e. The van der Waals surface area contributed by atoms with Crippen molar-refractivity contribution < 1.29 is 9.47 Å². The van der Waals surface area contributed by atoms with Crippen molar-refractivity contribution in [1.29, 1.82) is 0 Å². The molecule has 0 aromatic heterocycles. The lowest BCUT2D eigenvalue weighted by molar-refractivity contribution is -0.168. The Balaban J connectivity index is 1.85. The van der Waals surface area contributed by atoms with E-state index in [4.69, 9.17) is 9.47 Å². The molecule has 0 spiro atoms. The number of rotatable bonds is 5. The van der Waals surface area contributed by atoms with Gasteiger partial charge in [-0.3, -0.25) is 0 Å². The summed E-state index contributed by atoms with van der Waals surface area (Å²) in [5, 5.41) is 2.96. The van der Waals surface area contributed by atoms with Gasteiger partial charge in [0.05, 0.1) is 6.61 Å². The molecule has 134 valence electrons. The molecule has 1 unspecified atom stereocenters. The second kappa shape index (κ2) is 7.86. The highest BCUT2D eigenvalue weighted by molar-refractivity contribution is 7.00. The van der Waals surface area contributed by atoms with Crippen LogP contribution in [0.2, 0.25) is 13.1 Å². The molecule has 1 saturated heterocycles. The Labute approximate surface area is 153 Å². The summed E-state index contributed by atoms with van der Waals surface area (Å²) in [4.78, 5) is 0. The molecule has 2 nitrogen and oxygen atoms in total. The van der Waals surface area contributed by atoms with Gasteiger partial charge in [0, 0.05) is 6.61 Å². The molecule has 1 aliphatic rings. The van der Waals surface area contributed by atoms with E-state index in [2.05, 4.69) is 69.4 Å². The fourth-order valence-corrected chi connectivity index (χ4v) is 6.73. The van der Waals surface area contributed by atoms with Gasteiger partial charge in [0.15, 0.2) is 6.29 Å². The van der Waals surface area contributed by atoms with Gasteiger partial charge in [-0.1, -0.05) is 71.9 Å². The molecule has 0 saturated carbocycles. The molecule has 1 fully saturated rings. The van der Waals surface area contributed by atoms with E-state index in [1.807, 2.05) is 0 Å². The number of ether oxygens (including phenoxy) is 2. The van der Waals surface area contributed by atoms with Crippen LogP contribution in [0.25, 0.3) is 0 Å². The molecule has 0 bridgehead atoms. The Morgan fingerprint density at radius 3 is 2.44 bits per heavy atom. The zero-order chi connectivity index (χ0) is 17.9. The highest BCUT2D eigenvalue weighted by Crippen LogP contribution is 2.17. The molecular formula is C22H30O2Si. The van der Waals surface area contributed by atoms with Gasteiger partial charge in [0.25, 0.3) is 0 Å². The number of hydrogen-bond acceptors (Lipinski definition) is 2. The summed E-state index contributed by atoms with van der Waals surface area (Å²) in [6.07, 6.45) is 3.34. The summed E-state index contributed by atoms with van der Waals surface area (Å²) in [6, 6.07) is 15.8. The molecule has 1 aliphatic heterocycles. The molecule has 1 atom stereocenters. The van der Waals surface area contributed by atoms with Crippen molar-refractivity contribution in [2.75, 3.05) is 6.61 Å². The van der Waals surface area contributed by atoms with Crippen LogP contribution in [-0.2, 0) is 16.1 Å². The molecule has 2 aromatic carbocycles. The van der Waals surface area contributed by atoms with Gasteiger partial charge in [0.2, 0.25) is 0 Å². The van der Waals surface area contributed by atoms with E-state index in [1.165, 1.54) is 33.5 Å². The summed E-state index contributed by atoms with van der Waals surface area (Å²) in [6.45, 7) is 10.7. The van der Waals surface area contributed by atoms with Crippen molar-refractivity contribution in [2.24, 2.45) is 0 Å². The average Bonchev–Trinajstić information content (AvgIpc) is 2.60. The quantitative estimate of drug-likeness (QED) is 0.750. The van der Waals surface area contributed by atoms with Crippen molar-refractivity contribution in [3.05, 3.63) is 59.2 Å². The van der Waals surface area contributed by atoms with Crippen molar-refractivity contribution >= 4 is 18.4 Å². The zero-order valence-corrected chi connectivity index (χ0v) is 17.0. The molecule has 1 heterocycles. The second-order valence-corrected chi connectivity index (χ2v) is 12.1. The van der Waals surface area contributed by atoms with Gasteiger partial charge in [-0.25, -0.2) is 0 Å². The van der Waals surface area contributed by atoms with E-state index in [-0.39, 0.29) is 6.29 Å². The third-order valence-corrected chi connectivity index (χ3v) is 8.76. The van der Waals surface area contributed by atoms with E-state index in [0.717, 1.165) is 19.4 Å². The molecule has 0 N–H and O–H groups in total. The van der Waals surface area contributed by atoms with Crippen molar-refractivity contribution in [1.82, 2.24) is 0 Å². The van der Waals surface area contributed by atoms with Crippen LogP contribution in [0.3, 0.4) is 0 Å². The van der Waals surface area contributed by atoms with E-state index in [9.17, 15) is 0 Å². The van der Waals surface area contributed by atoms with Crippen LogP contribution in [0.15, 0.2) is 42.5 Å². The van der Waals surface area contributed by atoms with Crippen LogP contribution >= 0.6 is 0 Å². The SMILES string of the molecule is Cc1cc(C)cc([Si](C)(C)c2ccccc2COC2CCCCO2)c1. The van der Waals surface area contributed by atoms with Crippen LogP contribution in [-0.4, -0.2) is 21.0 Å². The zero-order valence-electron chi connectivity index (χ0n) is 16.0. The first-order valence-electron chi connectivity index (χ1n) is 9.37. The number of aryl methyl sites for hydroxylation is 2. The van der Waals surface area contributed by atoms with E-state index < -0.39 is 8.07 Å². The average molecular weight is 355 g/mol. The molecule has 0 aliphatic carbocycles. The molecule has 0 amide bonds. The Hall–Kier alpha value is -1.42. The number of hydrogen-bond donors (Lipinski definition) is 0. The van der Waals surface area contributed by atoms with Crippen molar-refractivity contribution in [3.8, 4) is 0 Å². The van der Waals surface area contributed by atoms with E-state index in [0.29, 0.717) is 6.61 Å². The maximum Gasteiger partial charge on any atom is 0.158 e. The molecule has 3 rings (SSSR count). The highest BCUT2D eigenvalue weighted by Gasteiger charge is 2.29. The maximum absolute atomic E-state index is 6.09. The minimum absolute atomic E-state index is 0.0344. The smallest absolute Gasteiger partial charge is 0.158 e. The van der Waals surface area contributed by atoms with E-state index >= 15 is 0 Å². The molecule has 25 heavy (non-hydrogen) atoms. The molecule has 2 aromatic rings. The van der Waals surface area contributed by atoms with Gasteiger partial charge in [-0.15, -0.1) is 0 Å². The third-order valence-electron chi connectivity index (χ3n) is 5.20. The van der Waals surface area contributed by atoms with Gasteiger partial charge < -0.3 is 9.47 Å². The lowest BCUT2D eigenvalue weighted by atomic mass is 10.2. The normalized spacial score (nSPS) is 18.3. The fourth-order valence-electron chi connectivity index (χ4n) is 3.77. The summed E-state index contributed by atoms with van der Waals surface area (Å²) in [7, 11) is -1.77. The van der Waals surface area contributed by atoms with Crippen LogP contribution < -0.4 is 10.4 Å². The highest BCUT2D eigenvalue weighted by atomic mass is 28.3. The van der Waals surface area contributed by atoms with Crippen LogP contribution in [0.5, 0.6) is 0 Å². The predicted octanol–water partition coefficient (Wildman–Crippen LogP) is 4.17. The predicted molar refractivity (Wildman–Crippen MR) is 107 cm³/mol. The van der Waals surface area contributed by atoms with Gasteiger partial charge in [0.1, 0.15) is 8.07 Å². The van der Waals surface area contributed by atoms with Crippen LogP contribution in [0.4, 0.5) is 0 Å². The summed E-state index contributed by atoms with van der Waals surface area (Å²) in [5.74, 6) is 0. The first-order valence-corrected chi connectivity index (χ1v) is 12.4. The summed E-state index contributed by atoms with van der Waals surface area (Å²) in [5.41, 5.74) is 4.01. The Morgan fingerprint density at radius 2 is 1.76 bits per heavy atom. The van der Waals surface area contributed by atoms with Gasteiger partial charge in [-0.05, 0) is 43.9 Å². The molecule has 0 radical (unpaired) electrons. The Morgan fingerprint density at radius 1 is 1.04 bits per heavy atom. The lowest BCUT2D eigenvalue weighted by Crippen LogP contribution is -2.54. The van der Waals surface area contributed by atoms with Crippen LogP contribution in [0.1, 0.15) is 36.0 Å². The molecular weight excluding hydrogens is 324 g/mol. The topological polar surface area (TPSA) is 18.5 Å². The van der Waals surface area contributed by atoms with Crippen molar-refractivity contribution in [3.63, 3.8) is 0 Å². The largest absolute Gasteiger partial charge is 0.353 e. The minimum atomic E-state index is -1.77. The van der Waals surface area contributed by atoms with Gasteiger partial charge >= 0.3 is 0 Å². The number of benzene rings is 2. The Bertz CT molecular complexity index is 697. The first kappa shape index (κ1) is 18.4. The monoisotopic (exact) mass is 354 g/mol. The molecule has 3 heteroatoms. The maximum atomic E-state index is 6.09. The van der Waals surface area contributed by atoms with Crippen LogP contribution in [0, 0.1) is 13.8 Å². The first-order chi connectivity index (χ1) is 12.0. The van der Waals surface area contributed by atoms with E-state index in [1.54, 1.807) is 0 Å². The second-order valence-electron chi connectivity index (χ2n) is 7.77.